The quantitative estimate of drug-likeness (QED) is 0.187. The highest BCUT2D eigenvalue weighted by atomic mass is 15.0. The molecule has 1 aromatic heterocycles. The van der Waals surface area contributed by atoms with Gasteiger partial charge in [0.2, 0.25) is 0 Å². The smallest absolute Gasteiger partial charge is 0.0732 e. The van der Waals surface area contributed by atoms with Crippen LogP contribution in [0.2, 0.25) is 0 Å². The Labute approximate surface area is 239 Å². The number of hydrogen-bond acceptors (Lipinski definition) is 0. The van der Waals surface area contributed by atoms with Crippen LogP contribution in [0.5, 0.6) is 0 Å². The van der Waals surface area contributed by atoms with E-state index in [0.717, 1.165) is 0 Å². The Morgan fingerprint density at radius 2 is 1.00 bits per heavy atom. The summed E-state index contributed by atoms with van der Waals surface area (Å²) in [6, 6.07) is 48.1. The summed E-state index contributed by atoms with van der Waals surface area (Å²) in [6.45, 7) is 4.82. The molecule has 0 bridgehead atoms. The monoisotopic (exact) mass is 521 g/mol. The van der Waals surface area contributed by atoms with E-state index in [1.807, 2.05) is 0 Å². The lowest BCUT2D eigenvalue weighted by molar-refractivity contribution is 0.630. The topological polar surface area (TPSA) is 4.93 Å². The van der Waals surface area contributed by atoms with Gasteiger partial charge in [0.05, 0.1) is 22.1 Å². The van der Waals surface area contributed by atoms with Crippen LogP contribution in [0.3, 0.4) is 0 Å². The summed E-state index contributed by atoms with van der Waals surface area (Å²) in [4.78, 5) is 0. The molecule has 41 heavy (non-hydrogen) atoms. The first kappa shape index (κ1) is 21.9. The fourth-order valence-corrected chi connectivity index (χ4v) is 8.81. The van der Waals surface area contributed by atoms with Gasteiger partial charge in [0.1, 0.15) is 0 Å². The van der Waals surface area contributed by atoms with Gasteiger partial charge in [-0.25, -0.2) is 0 Å². The summed E-state index contributed by atoms with van der Waals surface area (Å²) in [5.41, 5.74) is 17.3. The summed E-state index contributed by atoms with van der Waals surface area (Å²) in [7, 11) is 0. The summed E-state index contributed by atoms with van der Waals surface area (Å²) < 4.78 is 2.56. The van der Waals surface area contributed by atoms with Gasteiger partial charge in [-0.05, 0) is 73.8 Å². The second kappa shape index (κ2) is 7.06. The zero-order valence-electron chi connectivity index (χ0n) is 23.1. The molecule has 1 aliphatic heterocycles. The third-order valence-electron chi connectivity index (χ3n) is 10.4. The first-order valence-corrected chi connectivity index (χ1v) is 14.6. The van der Waals surface area contributed by atoms with E-state index in [9.17, 15) is 0 Å². The van der Waals surface area contributed by atoms with E-state index in [0.29, 0.717) is 0 Å². The fraction of sp³-hybridized carbons (Fsp3) is 0.100. The van der Waals surface area contributed by atoms with Crippen molar-refractivity contribution >= 4 is 21.8 Å². The molecular weight excluding hydrogens is 494 g/mol. The Morgan fingerprint density at radius 1 is 0.488 bits per heavy atom. The number of para-hydroxylation sites is 2. The maximum absolute atomic E-state index is 2.56. The van der Waals surface area contributed by atoms with Gasteiger partial charge in [0.25, 0.3) is 0 Å². The molecule has 0 fully saturated rings. The lowest BCUT2D eigenvalue weighted by Crippen LogP contribution is -2.28. The highest BCUT2D eigenvalue weighted by Gasteiger charge is 2.53. The molecule has 2 heterocycles. The second-order valence-corrected chi connectivity index (χ2v) is 12.5. The van der Waals surface area contributed by atoms with Crippen LogP contribution in [0, 0.1) is 0 Å². The third kappa shape index (κ3) is 2.28. The van der Waals surface area contributed by atoms with Crippen molar-refractivity contribution in [2.24, 2.45) is 0 Å². The standard InChI is InChI=1S/C40H27N/c1-39(2)32-20-10-12-22-35(32)41-34-21-11-6-16-27(34)36-37-28(23-33(39)38(36)41)26-15-5-9-19-31(26)40(37)29-17-7-3-13-24(29)25-14-4-8-18-30(25)40/h3-23H,1-2H3. The largest absolute Gasteiger partial charge is 0.309 e. The van der Waals surface area contributed by atoms with E-state index in [1.54, 1.807) is 0 Å². The average molecular weight is 522 g/mol. The molecule has 3 aliphatic rings. The fourth-order valence-electron chi connectivity index (χ4n) is 8.81. The first-order valence-electron chi connectivity index (χ1n) is 14.6. The molecule has 0 unspecified atom stereocenters. The first-order chi connectivity index (χ1) is 20.1. The SMILES string of the molecule is CC1(C)c2ccccc2-n2c3ccccc3c3c4c(cc1c32)-c1ccccc1C41c2ccccc2-c2ccccc21. The molecule has 2 aliphatic carbocycles. The molecule has 0 radical (unpaired) electrons. The number of nitrogens with zero attached hydrogens (tertiary/aromatic N) is 1. The lowest BCUT2D eigenvalue weighted by Gasteiger charge is -2.36. The van der Waals surface area contributed by atoms with Gasteiger partial charge in [0, 0.05) is 16.2 Å². The van der Waals surface area contributed by atoms with Crippen LogP contribution in [-0.4, -0.2) is 4.57 Å². The third-order valence-corrected chi connectivity index (χ3v) is 10.4. The van der Waals surface area contributed by atoms with Crippen molar-refractivity contribution in [2.75, 3.05) is 0 Å². The molecule has 1 heteroatoms. The normalized spacial score (nSPS) is 16.0. The van der Waals surface area contributed by atoms with E-state index in [1.165, 1.54) is 83.1 Å². The molecule has 0 N–H and O–H groups in total. The van der Waals surface area contributed by atoms with Crippen molar-refractivity contribution in [3.63, 3.8) is 0 Å². The minimum atomic E-state index is -0.367. The summed E-state index contributed by atoms with van der Waals surface area (Å²) in [5.74, 6) is 0. The van der Waals surface area contributed by atoms with Crippen molar-refractivity contribution in [2.45, 2.75) is 24.7 Å². The average Bonchev–Trinajstić information content (AvgIpc) is 3.62. The zero-order valence-corrected chi connectivity index (χ0v) is 23.1. The van der Waals surface area contributed by atoms with Crippen LogP contribution >= 0.6 is 0 Å². The van der Waals surface area contributed by atoms with Crippen molar-refractivity contribution in [1.29, 1.82) is 0 Å². The van der Waals surface area contributed by atoms with Gasteiger partial charge in [-0.2, -0.15) is 0 Å². The van der Waals surface area contributed by atoms with Gasteiger partial charge in [-0.15, -0.1) is 0 Å². The maximum atomic E-state index is 2.56. The van der Waals surface area contributed by atoms with Gasteiger partial charge in [-0.1, -0.05) is 123 Å². The molecule has 0 atom stereocenters. The lowest BCUT2D eigenvalue weighted by atomic mass is 9.68. The Bertz CT molecular complexity index is 2250. The number of aromatic nitrogens is 1. The van der Waals surface area contributed by atoms with E-state index in [4.69, 9.17) is 0 Å². The van der Waals surface area contributed by atoms with Crippen molar-refractivity contribution < 1.29 is 0 Å². The Hall–Kier alpha value is -4.88. The van der Waals surface area contributed by atoms with E-state index >= 15 is 0 Å². The van der Waals surface area contributed by atoms with Gasteiger partial charge in [-0.3, -0.25) is 0 Å². The van der Waals surface area contributed by atoms with Crippen molar-refractivity contribution in [1.82, 2.24) is 4.57 Å². The summed E-state index contributed by atoms with van der Waals surface area (Å²) >= 11 is 0. The molecule has 1 nitrogen and oxygen atoms in total. The van der Waals surface area contributed by atoms with Crippen LogP contribution in [0.1, 0.15) is 47.2 Å². The van der Waals surface area contributed by atoms with Crippen molar-refractivity contribution in [3.05, 3.63) is 161 Å². The molecular formula is C40H27N. The van der Waals surface area contributed by atoms with E-state index < -0.39 is 0 Å². The van der Waals surface area contributed by atoms with Gasteiger partial charge >= 0.3 is 0 Å². The number of hydrogen-bond donors (Lipinski definition) is 0. The molecule has 0 saturated heterocycles. The summed E-state index contributed by atoms with van der Waals surface area (Å²) in [6.07, 6.45) is 0. The van der Waals surface area contributed by atoms with Crippen molar-refractivity contribution in [3.8, 4) is 27.9 Å². The minimum Gasteiger partial charge on any atom is -0.309 e. The van der Waals surface area contributed by atoms with Crippen LogP contribution in [-0.2, 0) is 10.8 Å². The molecule has 0 amide bonds. The summed E-state index contributed by atoms with van der Waals surface area (Å²) in [5, 5.41) is 2.74. The maximum Gasteiger partial charge on any atom is 0.0732 e. The molecule has 0 saturated carbocycles. The predicted octanol–water partition coefficient (Wildman–Crippen LogP) is 9.77. The van der Waals surface area contributed by atoms with Gasteiger partial charge < -0.3 is 4.57 Å². The highest BCUT2D eigenvalue weighted by Crippen LogP contribution is 2.66. The zero-order chi connectivity index (χ0) is 27.1. The van der Waals surface area contributed by atoms with E-state index in [2.05, 4.69) is 146 Å². The predicted molar refractivity (Wildman–Crippen MR) is 169 cm³/mol. The van der Waals surface area contributed by atoms with Crippen LogP contribution in [0.4, 0.5) is 0 Å². The molecule has 192 valence electrons. The van der Waals surface area contributed by atoms with Gasteiger partial charge in [0.15, 0.2) is 0 Å². The number of fused-ring (bicyclic) bond motifs is 16. The highest BCUT2D eigenvalue weighted by molar-refractivity contribution is 6.18. The second-order valence-electron chi connectivity index (χ2n) is 12.5. The van der Waals surface area contributed by atoms with Crippen LogP contribution in [0.25, 0.3) is 49.7 Å². The van der Waals surface area contributed by atoms with E-state index in [-0.39, 0.29) is 10.8 Å². The Kier molecular flexibility index (Phi) is 3.77. The molecule has 1 spiro atoms. The van der Waals surface area contributed by atoms with Crippen LogP contribution in [0.15, 0.2) is 127 Å². The Balaban J connectivity index is 1.52. The molecule has 7 aromatic rings. The van der Waals surface area contributed by atoms with Crippen LogP contribution < -0.4 is 0 Å². The Morgan fingerprint density at radius 3 is 1.66 bits per heavy atom. The molecule has 6 aromatic carbocycles. The number of rotatable bonds is 0. The number of benzene rings is 6. The minimum absolute atomic E-state index is 0.134. The molecule has 10 rings (SSSR count).